The van der Waals surface area contributed by atoms with Crippen molar-refractivity contribution < 1.29 is 18.7 Å². The Morgan fingerprint density at radius 1 is 1.16 bits per heavy atom. The number of pyridine rings is 1. The maximum absolute atomic E-state index is 13.5. The number of morpholine rings is 1. The molecule has 2 aliphatic rings. The normalized spacial score (nSPS) is 18.8. The van der Waals surface area contributed by atoms with Crippen LogP contribution in [0.3, 0.4) is 0 Å². The predicted molar refractivity (Wildman–Crippen MR) is 118 cm³/mol. The van der Waals surface area contributed by atoms with Crippen molar-refractivity contribution in [2.75, 3.05) is 46.5 Å². The summed E-state index contributed by atoms with van der Waals surface area (Å²) in [6.45, 7) is 4.64. The Hall–Kier alpha value is -3.23. The number of fused-ring (bicyclic) bond motifs is 2. The minimum atomic E-state index is -0.515. The zero-order valence-electron chi connectivity index (χ0n) is 18.0. The Balaban J connectivity index is 1.52. The van der Waals surface area contributed by atoms with E-state index in [1.165, 1.54) is 0 Å². The van der Waals surface area contributed by atoms with Crippen molar-refractivity contribution in [1.29, 1.82) is 0 Å². The first-order valence-electron chi connectivity index (χ1n) is 10.8. The average molecular weight is 435 g/mol. The Morgan fingerprint density at radius 2 is 2.00 bits per heavy atom. The first-order chi connectivity index (χ1) is 15.7. The number of benzene rings is 1. The van der Waals surface area contributed by atoms with Gasteiger partial charge < -0.3 is 18.8 Å². The molecule has 8 nitrogen and oxygen atoms in total. The van der Waals surface area contributed by atoms with Crippen molar-refractivity contribution in [2.45, 2.75) is 12.5 Å². The fraction of sp³-hybridized carbons (Fsp3) is 0.375. The van der Waals surface area contributed by atoms with Gasteiger partial charge in [0, 0.05) is 44.6 Å². The van der Waals surface area contributed by atoms with Gasteiger partial charge in [0.1, 0.15) is 11.3 Å². The number of hydrogen-bond acceptors (Lipinski definition) is 7. The van der Waals surface area contributed by atoms with Gasteiger partial charge in [-0.1, -0.05) is 6.07 Å². The van der Waals surface area contributed by atoms with Gasteiger partial charge in [0.15, 0.2) is 5.43 Å². The van der Waals surface area contributed by atoms with Gasteiger partial charge in [-0.05, 0) is 30.2 Å². The number of carbonyl (C=O) groups excluding carboxylic acids is 1. The standard InChI is InChI=1S/C24H25N3O5/c1-30-17-5-6-18-19(14-17)32-23-20(22(18)28)21(16-4-2-7-25-15-16)27(24(23)29)9-3-8-26-10-12-31-13-11-26/h2,4-7,14-15,21H,3,8-13H2,1H3/t21-/m0/s1. The molecular weight excluding hydrogens is 410 g/mol. The third-order valence-corrected chi connectivity index (χ3v) is 6.15. The monoisotopic (exact) mass is 435 g/mol. The molecule has 1 saturated heterocycles. The first kappa shape index (κ1) is 20.7. The van der Waals surface area contributed by atoms with Crippen LogP contribution in [0, 0.1) is 0 Å². The van der Waals surface area contributed by atoms with Crippen LogP contribution in [-0.2, 0) is 4.74 Å². The van der Waals surface area contributed by atoms with E-state index in [0.717, 1.165) is 44.8 Å². The molecule has 32 heavy (non-hydrogen) atoms. The molecule has 1 fully saturated rings. The summed E-state index contributed by atoms with van der Waals surface area (Å²) < 4.78 is 16.7. The Labute approximate surface area is 185 Å². The maximum atomic E-state index is 13.5. The molecule has 1 aromatic carbocycles. The molecule has 8 heteroatoms. The lowest BCUT2D eigenvalue weighted by Gasteiger charge is -2.29. The molecule has 0 bridgehead atoms. The van der Waals surface area contributed by atoms with E-state index in [-0.39, 0.29) is 17.1 Å². The molecule has 0 unspecified atom stereocenters. The highest BCUT2D eigenvalue weighted by Crippen LogP contribution is 2.38. The SMILES string of the molecule is COc1ccc2c(=O)c3c(oc2c1)C(=O)N(CCCN1CCOCC1)[C@H]3c1cccnc1. The first-order valence-corrected chi connectivity index (χ1v) is 10.8. The highest BCUT2D eigenvalue weighted by atomic mass is 16.5. The zero-order valence-corrected chi connectivity index (χ0v) is 18.0. The largest absolute Gasteiger partial charge is 0.497 e. The summed E-state index contributed by atoms with van der Waals surface area (Å²) in [5.74, 6) is 0.408. The minimum Gasteiger partial charge on any atom is -0.497 e. The predicted octanol–water partition coefficient (Wildman–Crippen LogP) is 2.46. The van der Waals surface area contributed by atoms with E-state index in [4.69, 9.17) is 13.9 Å². The van der Waals surface area contributed by atoms with Gasteiger partial charge in [0.05, 0.1) is 37.3 Å². The van der Waals surface area contributed by atoms with Gasteiger partial charge in [0.2, 0.25) is 5.76 Å². The molecule has 5 rings (SSSR count). The highest BCUT2D eigenvalue weighted by Gasteiger charge is 2.42. The van der Waals surface area contributed by atoms with Crippen LogP contribution in [0.1, 0.15) is 34.1 Å². The summed E-state index contributed by atoms with van der Waals surface area (Å²) in [7, 11) is 1.55. The topological polar surface area (TPSA) is 85.1 Å². The van der Waals surface area contributed by atoms with E-state index >= 15 is 0 Å². The van der Waals surface area contributed by atoms with Gasteiger partial charge in [-0.15, -0.1) is 0 Å². The minimum absolute atomic E-state index is 0.107. The molecule has 0 N–H and O–H groups in total. The molecule has 2 aliphatic heterocycles. The molecule has 3 aromatic rings. The third kappa shape index (κ3) is 3.65. The maximum Gasteiger partial charge on any atom is 0.290 e. The fourth-order valence-corrected chi connectivity index (χ4v) is 4.53. The smallest absolute Gasteiger partial charge is 0.290 e. The summed E-state index contributed by atoms with van der Waals surface area (Å²) in [6, 6.07) is 8.25. The third-order valence-electron chi connectivity index (χ3n) is 6.15. The van der Waals surface area contributed by atoms with Crippen LogP contribution in [0.4, 0.5) is 0 Å². The molecule has 4 heterocycles. The highest BCUT2D eigenvalue weighted by molar-refractivity contribution is 5.99. The molecule has 0 aliphatic carbocycles. The van der Waals surface area contributed by atoms with Gasteiger partial charge in [-0.2, -0.15) is 0 Å². The van der Waals surface area contributed by atoms with Gasteiger partial charge >= 0.3 is 0 Å². The molecule has 2 aromatic heterocycles. The van der Waals surface area contributed by atoms with Crippen molar-refractivity contribution in [3.8, 4) is 5.75 Å². The summed E-state index contributed by atoms with van der Waals surface area (Å²) in [5, 5.41) is 0.432. The average Bonchev–Trinajstić information content (AvgIpc) is 3.12. The van der Waals surface area contributed by atoms with Crippen molar-refractivity contribution in [1.82, 2.24) is 14.8 Å². The molecule has 0 radical (unpaired) electrons. The lowest BCUT2D eigenvalue weighted by Crippen LogP contribution is -2.38. The van der Waals surface area contributed by atoms with E-state index in [9.17, 15) is 9.59 Å². The van der Waals surface area contributed by atoms with Crippen LogP contribution >= 0.6 is 0 Å². The van der Waals surface area contributed by atoms with E-state index in [1.807, 2.05) is 12.1 Å². The lowest BCUT2D eigenvalue weighted by molar-refractivity contribution is 0.0353. The Kier molecular flexibility index (Phi) is 5.63. The number of rotatable bonds is 6. The molecule has 1 amide bonds. The number of amides is 1. The molecular formula is C24H25N3O5. The summed E-state index contributed by atoms with van der Waals surface area (Å²) >= 11 is 0. The zero-order chi connectivity index (χ0) is 22.1. The molecule has 0 saturated carbocycles. The summed E-state index contributed by atoms with van der Waals surface area (Å²) in [4.78, 5) is 35.2. The van der Waals surface area contributed by atoms with Gasteiger partial charge in [-0.3, -0.25) is 19.5 Å². The van der Waals surface area contributed by atoms with Crippen LogP contribution in [0.15, 0.2) is 51.9 Å². The van der Waals surface area contributed by atoms with Crippen LogP contribution in [0.2, 0.25) is 0 Å². The summed E-state index contributed by atoms with van der Waals surface area (Å²) in [5.41, 5.74) is 1.33. The van der Waals surface area contributed by atoms with E-state index in [2.05, 4.69) is 9.88 Å². The number of ether oxygens (including phenoxy) is 2. The second-order valence-corrected chi connectivity index (χ2v) is 8.03. The second kappa shape index (κ2) is 8.72. The van der Waals surface area contributed by atoms with E-state index in [1.54, 1.807) is 42.6 Å². The van der Waals surface area contributed by atoms with Crippen LogP contribution < -0.4 is 10.2 Å². The Bertz CT molecular complexity index is 1190. The second-order valence-electron chi connectivity index (χ2n) is 8.03. The molecule has 1 atom stereocenters. The molecule has 0 spiro atoms. The fourth-order valence-electron chi connectivity index (χ4n) is 4.53. The van der Waals surface area contributed by atoms with E-state index in [0.29, 0.717) is 28.8 Å². The lowest BCUT2D eigenvalue weighted by atomic mass is 10.00. The number of hydrogen-bond donors (Lipinski definition) is 0. The molecule has 166 valence electrons. The quantitative estimate of drug-likeness (QED) is 0.588. The van der Waals surface area contributed by atoms with E-state index < -0.39 is 6.04 Å². The van der Waals surface area contributed by atoms with Crippen molar-refractivity contribution in [3.05, 3.63) is 69.8 Å². The van der Waals surface area contributed by atoms with Gasteiger partial charge in [-0.25, -0.2) is 0 Å². The van der Waals surface area contributed by atoms with Crippen LogP contribution in [0.5, 0.6) is 5.75 Å². The number of carbonyl (C=O) groups is 1. The van der Waals surface area contributed by atoms with Gasteiger partial charge in [0.25, 0.3) is 5.91 Å². The summed E-state index contributed by atoms with van der Waals surface area (Å²) in [6.07, 6.45) is 4.18. The van der Waals surface area contributed by atoms with Crippen LogP contribution in [0.25, 0.3) is 11.0 Å². The van der Waals surface area contributed by atoms with Crippen LogP contribution in [-0.4, -0.2) is 67.2 Å². The van der Waals surface area contributed by atoms with Crippen molar-refractivity contribution in [2.24, 2.45) is 0 Å². The van der Waals surface area contributed by atoms with Crippen molar-refractivity contribution >= 4 is 16.9 Å². The van der Waals surface area contributed by atoms with Crippen molar-refractivity contribution in [3.63, 3.8) is 0 Å². The number of aromatic nitrogens is 1. The number of nitrogens with zero attached hydrogens (tertiary/aromatic N) is 3. The number of methoxy groups -OCH3 is 1. The Morgan fingerprint density at radius 3 is 2.75 bits per heavy atom.